The molecule has 0 fully saturated rings. The minimum atomic E-state index is -0.387. The van der Waals surface area contributed by atoms with Crippen molar-refractivity contribution in [2.24, 2.45) is 0 Å². The van der Waals surface area contributed by atoms with Gasteiger partial charge in [-0.15, -0.1) is 0 Å². The number of fused-ring (bicyclic) bond motifs is 2. The van der Waals surface area contributed by atoms with Gasteiger partial charge < -0.3 is 37.4 Å². The van der Waals surface area contributed by atoms with E-state index in [1.807, 2.05) is 58.5 Å². The first kappa shape index (κ1) is 47.7. The molecule has 8 rings (SSSR count). The summed E-state index contributed by atoms with van der Waals surface area (Å²) in [5.41, 5.74) is 4.59. The molecule has 5 aromatic carbocycles. The van der Waals surface area contributed by atoms with Gasteiger partial charge in [0.2, 0.25) is 0 Å². The van der Waals surface area contributed by atoms with E-state index in [1.165, 1.54) is 27.7 Å². The monoisotopic (exact) mass is 892 g/mol. The van der Waals surface area contributed by atoms with Crippen LogP contribution in [0, 0.1) is 0 Å². The molecule has 0 amide bonds. The molecular formula is C52H56N6O8. The number of nitrogens with zero attached hydrogens (tertiary/aromatic N) is 6. The number of ether oxygens (including phenoxy) is 5. The largest absolute Gasteiger partial charge is 0.497 e. The first-order valence-electron chi connectivity index (χ1n) is 21.8. The lowest BCUT2D eigenvalue weighted by atomic mass is 9.99. The third kappa shape index (κ3) is 11.1. The van der Waals surface area contributed by atoms with Crippen LogP contribution in [0.25, 0.3) is 21.5 Å². The molecule has 66 heavy (non-hydrogen) atoms. The van der Waals surface area contributed by atoms with Crippen LogP contribution in [0.4, 0.5) is 0 Å². The summed E-state index contributed by atoms with van der Waals surface area (Å²) >= 11 is 0. The van der Waals surface area contributed by atoms with Gasteiger partial charge in [-0.05, 0) is 98.0 Å². The van der Waals surface area contributed by atoms with Crippen molar-refractivity contribution in [1.82, 2.24) is 28.7 Å². The number of benzene rings is 5. The second-order valence-electron chi connectivity index (χ2n) is 15.1. The highest BCUT2D eigenvalue weighted by Crippen LogP contribution is 2.30. The van der Waals surface area contributed by atoms with Gasteiger partial charge >= 0.3 is 17.9 Å². The van der Waals surface area contributed by atoms with Crippen LogP contribution in [0.2, 0.25) is 0 Å². The maximum absolute atomic E-state index is 12.0. The molecule has 0 saturated heterocycles. The molecule has 8 aromatic rings. The zero-order chi connectivity index (χ0) is 47.2. The Kier molecular flexibility index (Phi) is 16.5. The first-order valence-corrected chi connectivity index (χ1v) is 21.8. The topological polar surface area (TPSA) is 151 Å². The predicted molar refractivity (Wildman–Crippen MR) is 253 cm³/mol. The third-order valence-electron chi connectivity index (χ3n) is 11.1. The number of carbonyl (C=O) groups excluding carboxylic acids is 3. The minimum Gasteiger partial charge on any atom is -0.497 e. The molecule has 14 heteroatoms. The van der Waals surface area contributed by atoms with Crippen LogP contribution in [0.1, 0.15) is 108 Å². The lowest BCUT2D eigenvalue weighted by Crippen LogP contribution is -2.15. The van der Waals surface area contributed by atoms with Crippen LogP contribution in [-0.4, -0.2) is 80.6 Å². The molecule has 0 aliphatic carbocycles. The Morgan fingerprint density at radius 1 is 0.485 bits per heavy atom. The van der Waals surface area contributed by atoms with E-state index >= 15 is 0 Å². The average Bonchev–Trinajstić information content (AvgIpc) is 4.16. The van der Waals surface area contributed by atoms with Crippen molar-refractivity contribution in [1.29, 1.82) is 0 Å². The lowest BCUT2D eigenvalue weighted by Gasteiger charge is -2.18. The van der Waals surface area contributed by atoms with Gasteiger partial charge in [0.25, 0.3) is 0 Å². The van der Waals surface area contributed by atoms with Gasteiger partial charge in [0.05, 0.1) is 89.7 Å². The maximum Gasteiger partial charge on any atom is 0.356 e. The molecule has 0 spiro atoms. The first-order chi connectivity index (χ1) is 32.0. The summed E-state index contributed by atoms with van der Waals surface area (Å²) in [6.45, 7) is 12.5. The fourth-order valence-corrected chi connectivity index (χ4v) is 7.55. The van der Waals surface area contributed by atoms with Crippen molar-refractivity contribution in [3.8, 4) is 11.5 Å². The number of esters is 3. The quantitative estimate of drug-likeness (QED) is 0.0758. The van der Waals surface area contributed by atoms with E-state index in [4.69, 9.17) is 23.7 Å². The molecule has 0 saturated carbocycles. The molecule has 3 unspecified atom stereocenters. The highest BCUT2D eigenvalue weighted by molar-refractivity contribution is 5.89. The standard InChI is InChI=1S/2C18H18N2O2.C16H20N2O4/c1-3-22-18(21)17-11-19-12-20(17)13(2)15-10-6-8-14-7-4-5-9-16(14)15;1-3-22-18(21)17-11-19-12-20(17)13(2)15-9-8-14-6-4-5-7-16(14)10-15;1-5-22-16(19)15-9-17-10-18(15)11(2)12-6-13(20-3)8-14(7-12)21-4/h2*4-13H,3H2,1-2H3;6-11H,5H2,1-4H3. The smallest absolute Gasteiger partial charge is 0.356 e. The van der Waals surface area contributed by atoms with Gasteiger partial charge in [0, 0.05) is 6.07 Å². The number of carbonyl (C=O) groups is 3. The highest BCUT2D eigenvalue weighted by atomic mass is 16.5. The number of methoxy groups -OCH3 is 2. The van der Waals surface area contributed by atoms with Crippen LogP contribution in [0.3, 0.4) is 0 Å². The molecule has 342 valence electrons. The number of hydrogen-bond donors (Lipinski definition) is 0. The molecule has 0 aliphatic heterocycles. The SMILES string of the molecule is CCOC(=O)c1cncn1C(C)c1cc(OC)cc(OC)c1.CCOC(=O)c1cncn1C(C)c1ccc2ccccc2c1.CCOC(=O)c1cncn1C(C)c1cccc2ccccc12. The van der Waals surface area contributed by atoms with Gasteiger partial charge in [-0.1, -0.05) is 78.9 Å². The highest BCUT2D eigenvalue weighted by Gasteiger charge is 2.21. The van der Waals surface area contributed by atoms with Gasteiger partial charge in [0.15, 0.2) is 0 Å². The molecule has 14 nitrogen and oxygen atoms in total. The van der Waals surface area contributed by atoms with Gasteiger partial charge in [-0.3, -0.25) is 0 Å². The maximum atomic E-state index is 12.0. The fraction of sp³-hybridized carbons (Fsp3) is 0.269. The fourth-order valence-electron chi connectivity index (χ4n) is 7.55. The Morgan fingerprint density at radius 2 is 0.924 bits per heavy atom. The van der Waals surface area contributed by atoms with Crippen LogP contribution in [0.15, 0.2) is 141 Å². The van der Waals surface area contributed by atoms with Crippen LogP contribution >= 0.6 is 0 Å². The zero-order valence-electron chi connectivity index (χ0n) is 38.6. The molecular weight excluding hydrogens is 837 g/mol. The van der Waals surface area contributed by atoms with Crippen molar-refractivity contribution < 1.29 is 38.1 Å². The molecule has 0 bridgehead atoms. The summed E-state index contributed by atoms with van der Waals surface area (Å²) < 4.78 is 31.3. The third-order valence-corrected chi connectivity index (χ3v) is 11.1. The van der Waals surface area contributed by atoms with E-state index in [0.717, 1.165) is 16.7 Å². The Morgan fingerprint density at radius 3 is 1.42 bits per heavy atom. The van der Waals surface area contributed by atoms with Crippen molar-refractivity contribution in [3.63, 3.8) is 0 Å². The lowest BCUT2D eigenvalue weighted by molar-refractivity contribution is 0.0503. The molecule has 3 atom stereocenters. The number of aromatic nitrogens is 6. The molecule has 3 aromatic heterocycles. The van der Waals surface area contributed by atoms with Gasteiger partial charge in [-0.25, -0.2) is 29.3 Å². The van der Waals surface area contributed by atoms with Gasteiger partial charge in [0.1, 0.15) is 28.6 Å². The zero-order valence-corrected chi connectivity index (χ0v) is 38.6. The Balaban J connectivity index is 0.000000164. The van der Waals surface area contributed by atoms with Crippen molar-refractivity contribution in [2.75, 3.05) is 34.0 Å². The summed E-state index contributed by atoms with van der Waals surface area (Å²) in [7, 11) is 3.20. The second kappa shape index (κ2) is 22.7. The van der Waals surface area contributed by atoms with E-state index in [-0.39, 0.29) is 36.0 Å². The van der Waals surface area contributed by atoms with E-state index in [9.17, 15) is 14.4 Å². The Labute approximate surface area is 384 Å². The minimum absolute atomic E-state index is 0.00603. The summed E-state index contributed by atoms with van der Waals surface area (Å²) in [4.78, 5) is 48.3. The summed E-state index contributed by atoms with van der Waals surface area (Å²) in [6.07, 6.45) is 9.58. The predicted octanol–water partition coefficient (Wildman–Crippen LogP) is 10.3. The van der Waals surface area contributed by atoms with Crippen molar-refractivity contribution >= 4 is 39.5 Å². The summed E-state index contributed by atoms with van der Waals surface area (Å²) in [5, 5.41) is 4.75. The average molecular weight is 893 g/mol. The van der Waals surface area contributed by atoms with Crippen LogP contribution < -0.4 is 9.47 Å². The van der Waals surface area contributed by atoms with Crippen molar-refractivity contribution in [3.05, 3.63) is 174 Å². The van der Waals surface area contributed by atoms with Crippen LogP contribution in [-0.2, 0) is 14.2 Å². The summed E-state index contributed by atoms with van der Waals surface area (Å²) in [6, 6.07) is 34.5. The number of imidazole rings is 3. The van der Waals surface area contributed by atoms with E-state index in [0.29, 0.717) is 48.4 Å². The molecule has 0 aliphatic rings. The normalized spacial score (nSPS) is 12.1. The summed E-state index contributed by atoms with van der Waals surface area (Å²) in [5.74, 6) is 0.319. The van der Waals surface area contributed by atoms with Gasteiger partial charge in [-0.2, -0.15) is 0 Å². The Bertz CT molecular complexity index is 2850. The van der Waals surface area contributed by atoms with Crippen LogP contribution in [0.5, 0.6) is 11.5 Å². The Hall–Kier alpha value is -7.74. The van der Waals surface area contributed by atoms with Crippen molar-refractivity contribution in [2.45, 2.75) is 59.7 Å². The second-order valence-corrected chi connectivity index (χ2v) is 15.1. The van der Waals surface area contributed by atoms with E-state index in [2.05, 4.69) is 83.4 Å². The number of hydrogen-bond acceptors (Lipinski definition) is 11. The molecule has 0 radical (unpaired) electrons. The molecule has 3 heterocycles. The van der Waals surface area contributed by atoms with E-state index in [1.54, 1.807) is 77.0 Å². The van der Waals surface area contributed by atoms with E-state index < -0.39 is 0 Å². The molecule has 0 N–H and O–H groups in total. The number of rotatable bonds is 14.